The molecule has 0 heterocycles. The molecule has 0 radical (unpaired) electrons. The molecular weight excluding hydrogens is 396 g/mol. The van der Waals surface area contributed by atoms with Gasteiger partial charge in [-0.05, 0) is 98.7 Å². The molecule has 0 aliphatic heterocycles. The van der Waals surface area contributed by atoms with E-state index in [2.05, 4.69) is 41.2 Å². The van der Waals surface area contributed by atoms with Crippen molar-refractivity contribution in [3.63, 3.8) is 0 Å². The quantitative estimate of drug-likeness (QED) is 0.431. The molecule has 0 aromatic carbocycles. The highest BCUT2D eigenvalue weighted by Gasteiger charge is 2.67. The maximum Gasteiger partial charge on any atom is 0.0753 e. The number of aliphatic hydroxyl groups is 3. The normalized spacial score (nSPS) is 49.3. The number of allylic oxidation sites excluding steroid dienone is 1. The van der Waals surface area contributed by atoms with E-state index in [0.29, 0.717) is 36.0 Å². The fourth-order valence-electron chi connectivity index (χ4n) is 9.43. The van der Waals surface area contributed by atoms with Crippen LogP contribution in [0.4, 0.5) is 0 Å². The fourth-order valence-corrected chi connectivity index (χ4v) is 9.43. The highest BCUT2D eigenvalue weighted by atomic mass is 16.3. The van der Waals surface area contributed by atoms with Crippen LogP contribution in [-0.4, -0.2) is 33.1 Å². The Morgan fingerprint density at radius 2 is 1.72 bits per heavy atom. The van der Waals surface area contributed by atoms with E-state index in [1.165, 1.54) is 44.1 Å². The lowest BCUT2D eigenvalue weighted by Crippen LogP contribution is -2.67. The third kappa shape index (κ3) is 3.73. The summed E-state index contributed by atoms with van der Waals surface area (Å²) in [7, 11) is 0. The third-order valence-electron chi connectivity index (χ3n) is 11.6. The molecule has 0 amide bonds. The predicted octanol–water partition coefficient (Wildman–Crippen LogP) is 6.11. The van der Waals surface area contributed by atoms with Crippen molar-refractivity contribution in [2.75, 3.05) is 0 Å². The first-order valence-electron chi connectivity index (χ1n) is 13.7. The van der Waals surface area contributed by atoms with E-state index in [4.69, 9.17) is 0 Å². The van der Waals surface area contributed by atoms with Crippen LogP contribution in [0, 0.1) is 46.3 Å². The first-order chi connectivity index (χ1) is 14.9. The Kier molecular flexibility index (Phi) is 6.71. The fraction of sp³-hybridized carbons (Fsp3) is 0.931. The lowest BCUT2D eigenvalue weighted by molar-refractivity contribution is -0.259. The van der Waals surface area contributed by atoms with Gasteiger partial charge in [0.2, 0.25) is 0 Å². The minimum absolute atomic E-state index is 0.380. The number of rotatable bonds is 6. The second kappa shape index (κ2) is 8.68. The molecule has 3 N–H and O–H groups in total. The van der Waals surface area contributed by atoms with Crippen molar-refractivity contribution in [2.45, 2.75) is 123 Å². The first kappa shape index (κ1) is 24.7. The van der Waals surface area contributed by atoms with Crippen LogP contribution in [-0.2, 0) is 0 Å². The average Bonchev–Trinajstić information content (AvgIpc) is 3.06. The molecule has 4 fully saturated rings. The molecule has 4 rings (SSSR count). The van der Waals surface area contributed by atoms with Gasteiger partial charge in [-0.3, -0.25) is 0 Å². The number of hydrogen-bond donors (Lipinski definition) is 3. The van der Waals surface area contributed by atoms with E-state index in [-0.39, 0.29) is 0 Å². The van der Waals surface area contributed by atoms with Gasteiger partial charge in [-0.15, -0.1) is 0 Å². The summed E-state index contributed by atoms with van der Waals surface area (Å²) in [5.74, 6) is 3.86. The molecule has 4 unspecified atom stereocenters. The molecule has 0 saturated heterocycles. The monoisotopic (exact) mass is 446 g/mol. The summed E-state index contributed by atoms with van der Waals surface area (Å²) in [6.45, 7) is 16.0. The lowest BCUT2D eigenvalue weighted by atomic mass is 9.42. The topological polar surface area (TPSA) is 60.7 Å². The van der Waals surface area contributed by atoms with Gasteiger partial charge in [0, 0.05) is 11.8 Å². The Balaban J connectivity index is 1.47. The van der Waals surface area contributed by atoms with Crippen molar-refractivity contribution >= 4 is 0 Å². The molecule has 0 spiro atoms. The smallest absolute Gasteiger partial charge is 0.0753 e. The second-order valence-electron chi connectivity index (χ2n) is 13.3. The van der Waals surface area contributed by atoms with Gasteiger partial charge in [0.1, 0.15) is 0 Å². The molecule has 4 aliphatic rings. The molecule has 10 atom stereocenters. The highest BCUT2D eigenvalue weighted by Crippen LogP contribution is 2.69. The maximum atomic E-state index is 11.6. The van der Waals surface area contributed by atoms with Crippen molar-refractivity contribution < 1.29 is 15.3 Å². The van der Waals surface area contributed by atoms with Gasteiger partial charge in [0.05, 0.1) is 17.8 Å². The summed E-state index contributed by atoms with van der Waals surface area (Å²) in [6, 6.07) is 0. The summed E-state index contributed by atoms with van der Waals surface area (Å²) < 4.78 is 0. The minimum atomic E-state index is -0.914. The SMILES string of the molecule is C=C(CCCC(C)[C@H]1CCC2C3CC[C@@]4(O)C[C@@H](O)C[C@@H](O)[C@]4(C)C3CC[C@@]21C)C(C)C. The minimum Gasteiger partial charge on any atom is -0.393 e. The maximum absolute atomic E-state index is 11.6. The Morgan fingerprint density at radius 1 is 1.00 bits per heavy atom. The van der Waals surface area contributed by atoms with Gasteiger partial charge < -0.3 is 15.3 Å². The van der Waals surface area contributed by atoms with E-state index in [0.717, 1.165) is 37.0 Å². The van der Waals surface area contributed by atoms with Gasteiger partial charge in [0.25, 0.3) is 0 Å². The number of hydrogen-bond acceptors (Lipinski definition) is 3. The zero-order chi connectivity index (χ0) is 23.5. The zero-order valence-electron chi connectivity index (χ0n) is 21.4. The molecule has 4 saturated carbocycles. The Morgan fingerprint density at radius 3 is 2.41 bits per heavy atom. The Bertz CT molecular complexity index is 703. The van der Waals surface area contributed by atoms with E-state index in [9.17, 15) is 15.3 Å². The van der Waals surface area contributed by atoms with Crippen LogP contribution >= 0.6 is 0 Å². The molecule has 3 heteroatoms. The molecule has 3 nitrogen and oxygen atoms in total. The molecule has 184 valence electrons. The van der Waals surface area contributed by atoms with Crippen molar-refractivity contribution in [3.8, 4) is 0 Å². The number of aliphatic hydroxyl groups excluding tert-OH is 2. The summed E-state index contributed by atoms with van der Waals surface area (Å²) in [6.07, 6.45) is 10.2. The predicted molar refractivity (Wildman–Crippen MR) is 131 cm³/mol. The average molecular weight is 447 g/mol. The van der Waals surface area contributed by atoms with Crippen molar-refractivity contribution in [1.82, 2.24) is 0 Å². The second-order valence-corrected chi connectivity index (χ2v) is 13.3. The molecular formula is C29H50O3. The van der Waals surface area contributed by atoms with Crippen molar-refractivity contribution in [1.29, 1.82) is 0 Å². The molecule has 0 bridgehead atoms. The van der Waals surface area contributed by atoms with Crippen LogP contribution in [0.5, 0.6) is 0 Å². The van der Waals surface area contributed by atoms with Crippen LogP contribution in [0.2, 0.25) is 0 Å². The van der Waals surface area contributed by atoms with Gasteiger partial charge in [-0.1, -0.05) is 53.2 Å². The molecule has 0 aromatic rings. The lowest BCUT2D eigenvalue weighted by Gasteiger charge is -2.65. The van der Waals surface area contributed by atoms with Crippen molar-refractivity contribution in [3.05, 3.63) is 12.2 Å². The molecule has 0 aromatic heterocycles. The standard InChI is InChI=1S/C29H50O3/c1-18(2)19(3)8-7-9-20(4)23-10-11-24-22-12-15-29(32)17-21(30)16-26(31)28(29,6)25(22)13-14-27(23,24)5/h18,20-26,30-32H,3,7-17H2,1-2,4-6H3/t20?,21-,22?,23+,24?,25?,26+,27+,28-,29+/m0/s1. The molecule has 32 heavy (non-hydrogen) atoms. The van der Waals surface area contributed by atoms with Crippen LogP contribution in [0.15, 0.2) is 12.2 Å². The third-order valence-corrected chi connectivity index (χ3v) is 11.6. The van der Waals surface area contributed by atoms with Gasteiger partial charge in [-0.25, -0.2) is 0 Å². The highest BCUT2D eigenvalue weighted by molar-refractivity contribution is 5.16. The summed E-state index contributed by atoms with van der Waals surface area (Å²) in [4.78, 5) is 0. The van der Waals surface area contributed by atoms with Crippen LogP contribution in [0.1, 0.15) is 105 Å². The zero-order valence-corrected chi connectivity index (χ0v) is 21.4. The van der Waals surface area contributed by atoms with E-state index < -0.39 is 23.2 Å². The first-order valence-corrected chi connectivity index (χ1v) is 13.7. The van der Waals surface area contributed by atoms with Crippen LogP contribution in [0.25, 0.3) is 0 Å². The number of fused-ring (bicyclic) bond motifs is 5. The van der Waals surface area contributed by atoms with Crippen molar-refractivity contribution in [2.24, 2.45) is 46.3 Å². The largest absolute Gasteiger partial charge is 0.393 e. The van der Waals surface area contributed by atoms with Crippen LogP contribution < -0.4 is 0 Å². The van der Waals surface area contributed by atoms with Gasteiger partial charge in [-0.2, -0.15) is 0 Å². The molecule has 4 aliphatic carbocycles. The van der Waals surface area contributed by atoms with Crippen LogP contribution in [0.3, 0.4) is 0 Å². The van der Waals surface area contributed by atoms with E-state index in [1.54, 1.807) is 0 Å². The van der Waals surface area contributed by atoms with Gasteiger partial charge in [0.15, 0.2) is 0 Å². The summed E-state index contributed by atoms with van der Waals surface area (Å²) in [5.41, 5.74) is 0.411. The Hall–Kier alpha value is -0.380. The van der Waals surface area contributed by atoms with Gasteiger partial charge >= 0.3 is 0 Å². The summed E-state index contributed by atoms with van der Waals surface area (Å²) >= 11 is 0. The Labute approximate surface area is 197 Å². The van der Waals surface area contributed by atoms with E-state index >= 15 is 0 Å². The van der Waals surface area contributed by atoms with E-state index in [1.807, 2.05) is 0 Å². The summed E-state index contributed by atoms with van der Waals surface area (Å²) in [5, 5.41) is 33.1.